The molecule has 0 aromatic heterocycles. The number of likely N-dealkylation sites (N-methyl/N-ethyl adjacent to an activating group) is 4. The van der Waals surface area contributed by atoms with Crippen molar-refractivity contribution in [3.8, 4) is 0 Å². The highest BCUT2D eigenvalue weighted by Gasteiger charge is 2.51. The quantitative estimate of drug-likeness (QED) is 0.582. The fourth-order valence-corrected chi connectivity index (χ4v) is 2.74. The van der Waals surface area contributed by atoms with Gasteiger partial charge in [-0.15, -0.1) is 0 Å². The predicted octanol–water partition coefficient (Wildman–Crippen LogP) is 0.628. The van der Waals surface area contributed by atoms with Crippen LogP contribution in [0.25, 0.3) is 0 Å². The summed E-state index contributed by atoms with van der Waals surface area (Å²) in [6, 6.07) is 0. The third-order valence-corrected chi connectivity index (χ3v) is 4.35. The maximum Gasteiger partial charge on any atom is 0.224 e. The summed E-state index contributed by atoms with van der Waals surface area (Å²) in [7, 11) is 7.53. The largest absolute Gasteiger partial charge is 0.328 e. The van der Waals surface area contributed by atoms with Crippen molar-refractivity contribution in [3.63, 3.8) is 0 Å². The topological polar surface area (TPSA) is 21.8 Å². The maximum absolute atomic E-state index is 5.46. The molecule has 16 heavy (non-hydrogen) atoms. The van der Waals surface area contributed by atoms with Gasteiger partial charge >= 0.3 is 0 Å². The summed E-state index contributed by atoms with van der Waals surface area (Å²) >= 11 is 16.0. The molecule has 0 radical (unpaired) electrons. The van der Waals surface area contributed by atoms with Crippen molar-refractivity contribution < 1.29 is 0 Å². The van der Waals surface area contributed by atoms with Gasteiger partial charge in [-0.1, -0.05) is 24.4 Å². The molecule has 0 aliphatic carbocycles. The Morgan fingerprint density at radius 3 is 2.12 bits per heavy atom. The zero-order valence-corrected chi connectivity index (χ0v) is 12.5. The second-order valence-corrected chi connectivity index (χ2v) is 5.05. The fourth-order valence-electron chi connectivity index (χ4n) is 1.87. The Bertz CT molecular complexity index is 351. The van der Waals surface area contributed by atoms with Crippen LogP contribution in [0.2, 0.25) is 0 Å². The smallest absolute Gasteiger partial charge is 0.224 e. The Kier molecular flexibility index (Phi) is 3.83. The van der Waals surface area contributed by atoms with Gasteiger partial charge in [-0.25, -0.2) is 0 Å². The van der Waals surface area contributed by atoms with Gasteiger partial charge in [-0.05, 0) is 26.2 Å². The van der Waals surface area contributed by atoms with E-state index in [2.05, 4.69) is 5.32 Å². The van der Waals surface area contributed by atoms with Gasteiger partial charge in [0.1, 0.15) is 4.99 Å². The average Bonchev–Trinajstić information content (AvgIpc) is 2.41. The van der Waals surface area contributed by atoms with E-state index in [1.54, 1.807) is 0 Å². The molecular formula is C9H16N4S3. The molecule has 0 saturated carbocycles. The Balaban J connectivity index is 3.28. The first-order chi connectivity index (χ1) is 7.30. The zero-order valence-electron chi connectivity index (χ0n) is 10.1. The SMILES string of the molecule is CNC1(N(C)C(C)=S)C(=S)N(C)C(=S)N1C. The molecule has 4 nitrogen and oxygen atoms in total. The van der Waals surface area contributed by atoms with E-state index in [9.17, 15) is 0 Å². The molecule has 0 aromatic carbocycles. The Morgan fingerprint density at radius 2 is 1.88 bits per heavy atom. The van der Waals surface area contributed by atoms with E-state index in [4.69, 9.17) is 36.7 Å². The molecule has 1 saturated heterocycles. The van der Waals surface area contributed by atoms with E-state index < -0.39 is 5.79 Å². The molecule has 1 aliphatic rings. The van der Waals surface area contributed by atoms with Crippen LogP contribution in [0.15, 0.2) is 0 Å². The van der Waals surface area contributed by atoms with Gasteiger partial charge in [0.25, 0.3) is 0 Å². The van der Waals surface area contributed by atoms with Crippen LogP contribution in [0.3, 0.4) is 0 Å². The first kappa shape index (κ1) is 13.7. The lowest BCUT2D eigenvalue weighted by atomic mass is 10.2. The molecule has 0 aromatic rings. The maximum atomic E-state index is 5.46. The molecule has 0 amide bonds. The Hall–Kier alpha value is -0.370. The molecule has 1 aliphatic heterocycles. The van der Waals surface area contributed by atoms with Gasteiger partial charge in [0, 0.05) is 21.1 Å². The molecule has 0 spiro atoms. The third-order valence-electron chi connectivity index (χ3n) is 2.97. The first-order valence-electron chi connectivity index (χ1n) is 4.80. The van der Waals surface area contributed by atoms with E-state index in [0.29, 0.717) is 10.1 Å². The van der Waals surface area contributed by atoms with E-state index in [-0.39, 0.29) is 0 Å². The van der Waals surface area contributed by atoms with Crippen molar-refractivity contribution in [2.24, 2.45) is 0 Å². The highest BCUT2D eigenvalue weighted by Crippen LogP contribution is 2.27. The van der Waals surface area contributed by atoms with Gasteiger partial charge in [0.05, 0.1) is 4.99 Å². The molecule has 1 unspecified atom stereocenters. The lowest BCUT2D eigenvalue weighted by molar-refractivity contribution is 0.128. The van der Waals surface area contributed by atoms with Gasteiger partial charge < -0.3 is 14.7 Å². The number of thiocarbonyl (C=S) groups is 3. The van der Waals surface area contributed by atoms with E-state index >= 15 is 0 Å². The third kappa shape index (κ3) is 1.62. The van der Waals surface area contributed by atoms with E-state index in [0.717, 1.165) is 4.99 Å². The average molecular weight is 276 g/mol. The summed E-state index contributed by atoms with van der Waals surface area (Å²) in [6.07, 6.45) is 0. The molecule has 0 bridgehead atoms. The Morgan fingerprint density at radius 1 is 1.38 bits per heavy atom. The van der Waals surface area contributed by atoms with Crippen molar-refractivity contribution in [1.29, 1.82) is 0 Å². The highest BCUT2D eigenvalue weighted by atomic mass is 32.1. The van der Waals surface area contributed by atoms with Crippen LogP contribution in [0.1, 0.15) is 6.92 Å². The minimum absolute atomic E-state index is 0.632. The molecule has 1 atom stereocenters. The second-order valence-electron chi connectivity index (χ2n) is 3.71. The monoisotopic (exact) mass is 276 g/mol. The first-order valence-corrected chi connectivity index (χ1v) is 6.02. The van der Waals surface area contributed by atoms with Crippen LogP contribution in [0, 0.1) is 0 Å². The summed E-state index contributed by atoms with van der Waals surface area (Å²) in [5.74, 6) is -0.632. The van der Waals surface area contributed by atoms with Crippen molar-refractivity contribution in [2.45, 2.75) is 12.7 Å². The van der Waals surface area contributed by atoms with Crippen molar-refractivity contribution >= 4 is 51.7 Å². The van der Waals surface area contributed by atoms with Crippen LogP contribution >= 0.6 is 36.7 Å². The van der Waals surface area contributed by atoms with Gasteiger partial charge in [-0.3, -0.25) is 5.32 Å². The summed E-state index contributed by atoms with van der Waals surface area (Å²) in [4.78, 5) is 7.10. The fraction of sp³-hybridized carbons (Fsp3) is 0.667. The molecule has 1 heterocycles. The van der Waals surface area contributed by atoms with Crippen LogP contribution in [0.4, 0.5) is 0 Å². The summed E-state index contributed by atoms with van der Waals surface area (Å²) in [5.41, 5.74) is 0. The number of nitrogens with one attached hydrogen (secondary N) is 1. The molecule has 90 valence electrons. The molecule has 7 heteroatoms. The zero-order chi connectivity index (χ0) is 12.7. The van der Waals surface area contributed by atoms with Crippen LogP contribution in [0.5, 0.6) is 0 Å². The lowest BCUT2D eigenvalue weighted by Crippen LogP contribution is -2.68. The minimum Gasteiger partial charge on any atom is -0.328 e. The summed E-state index contributed by atoms with van der Waals surface area (Å²) in [6.45, 7) is 1.87. The molecular weight excluding hydrogens is 260 g/mol. The lowest BCUT2D eigenvalue weighted by Gasteiger charge is -2.43. The van der Waals surface area contributed by atoms with Crippen molar-refractivity contribution in [3.05, 3.63) is 0 Å². The van der Waals surface area contributed by atoms with Gasteiger partial charge in [0.2, 0.25) is 5.79 Å². The van der Waals surface area contributed by atoms with Gasteiger partial charge in [-0.2, -0.15) is 0 Å². The number of rotatable bonds is 2. The predicted molar refractivity (Wildman–Crippen MR) is 78.5 cm³/mol. The van der Waals surface area contributed by atoms with Crippen molar-refractivity contribution in [1.82, 2.24) is 20.0 Å². The molecule has 1 rings (SSSR count). The number of nitrogens with zero attached hydrogens (tertiary/aromatic N) is 3. The van der Waals surface area contributed by atoms with E-state index in [1.165, 1.54) is 0 Å². The number of hydrogen-bond donors (Lipinski definition) is 1. The highest BCUT2D eigenvalue weighted by molar-refractivity contribution is 7.82. The minimum atomic E-state index is -0.632. The van der Waals surface area contributed by atoms with Crippen LogP contribution < -0.4 is 5.32 Å². The summed E-state index contributed by atoms with van der Waals surface area (Å²) in [5, 5.41) is 3.90. The standard InChI is InChI=1S/C9H16N4S3/c1-6(14)12(4)9(10-2)7(15)11(3)8(16)13(9)5/h10H,1-5H3. The summed E-state index contributed by atoms with van der Waals surface area (Å²) < 4.78 is 0. The normalized spacial score (nSPS) is 25.3. The molecule has 1 fully saturated rings. The van der Waals surface area contributed by atoms with Crippen molar-refractivity contribution in [2.75, 3.05) is 28.2 Å². The molecule has 1 N–H and O–H groups in total. The second kappa shape index (κ2) is 4.48. The van der Waals surface area contributed by atoms with Crippen LogP contribution in [-0.2, 0) is 0 Å². The Labute approximate surface area is 113 Å². The van der Waals surface area contributed by atoms with E-state index in [1.807, 2.05) is 49.8 Å². The van der Waals surface area contributed by atoms with Gasteiger partial charge in [0.15, 0.2) is 5.11 Å². The van der Waals surface area contributed by atoms with Crippen LogP contribution in [-0.4, -0.2) is 63.8 Å². The number of hydrogen-bond acceptors (Lipinski definition) is 4.